The minimum absolute atomic E-state index is 0.00244. The van der Waals surface area contributed by atoms with Crippen LogP contribution in [0.3, 0.4) is 0 Å². The SMILES string of the molecule is COc1cccc(CCNC(=O)c2ccc(C(F)(F)C(F)(F)F)cc2)c1. The highest BCUT2D eigenvalue weighted by atomic mass is 19.4. The molecule has 0 unspecified atom stereocenters. The predicted molar refractivity (Wildman–Crippen MR) is 85.4 cm³/mol. The Bertz CT molecular complexity index is 757. The number of carbonyl (C=O) groups excluding carboxylic acids is 1. The van der Waals surface area contributed by atoms with Gasteiger partial charge in [0.2, 0.25) is 0 Å². The summed E-state index contributed by atoms with van der Waals surface area (Å²) in [7, 11) is 1.53. The lowest BCUT2D eigenvalue weighted by molar-refractivity contribution is -0.289. The van der Waals surface area contributed by atoms with Gasteiger partial charge in [-0.1, -0.05) is 24.3 Å². The van der Waals surface area contributed by atoms with E-state index < -0.39 is 23.6 Å². The Kier molecular flexibility index (Phi) is 5.84. The average molecular weight is 373 g/mol. The molecular weight excluding hydrogens is 357 g/mol. The van der Waals surface area contributed by atoms with Crippen LogP contribution in [0.5, 0.6) is 5.75 Å². The first kappa shape index (κ1) is 19.7. The Morgan fingerprint density at radius 1 is 1.04 bits per heavy atom. The number of carbonyl (C=O) groups is 1. The number of benzene rings is 2. The molecule has 8 heteroatoms. The van der Waals surface area contributed by atoms with Gasteiger partial charge in [0.05, 0.1) is 7.11 Å². The maximum Gasteiger partial charge on any atom is 0.458 e. The number of rotatable bonds is 6. The number of hydrogen-bond donors (Lipinski definition) is 1. The second-order valence-electron chi connectivity index (χ2n) is 5.51. The van der Waals surface area contributed by atoms with Crippen molar-refractivity contribution in [2.45, 2.75) is 18.5 Å². The van der Waals surface area contributed by atoms with Crippen molar-refractivity contribution in [1.29, 1.82) is 0 Å². The molecule has 0 aromatic heterocycles. The number of methoxy groups -OCH3 is 1. The number of halogens is 5. The zero-order chi connectivity index (χ0) is 19.4. The molecule has 0 saturated heterocycles. The third-order valence-corrected chi connectivity index (χ3v) is 3.70. The van der Waals surface area contributed by atoms with Crippen LogP contribution in [-0.2, 0) is 12.3 Å². The number of hydrogen-bond acceptors (Lipinski definition) is 2. The smallest absolute Gasteiger partial charge is 0.458 e. The van der Waals surface area contributed by atoms with Gasteiger partial charge >= 0.3 is 12.1 Å². The van der Waals surface area contributed by atoms with Gasteiger partial charge < -0.3 is 10.1 Å². The number of amides is 1. The van der Waals surface area contributed by atoms with Crippen LogP contribution in [0.4, 0.5) is 22.0 Å². The molecule has 0 heterocycles. The van der Waals surface area contributed by atoms with Crippen molar-refractivity contribution in [2.24, 2.45) is 0 Å². The summed E-state index contributed by atoms with van der Waals surface area (Å²) in [5, 5.41) is 2.58. The summed E-state index contributed by atoms with van der Waals surface area (Å²) in [5.41, 5.74) is -0.292. The van der Waals surface area contributed by atoms with E-state index in [0.29, 0.717) is 24.3 Å². The van der Waals surface area contributed by atoms with Gasteiger partial charge in [0.15, 0.2) is 0 Å². The van der Waals surface area contributed by atoms with Crippen LogP contribution in [0.15, 0.2) is 48.5 Å². The molecule has 0 radical (unpaired) electrons. The fourth-order valence-electron chi connectivity index (χ4n) is 2.24. The largest absolute Gasteiger partial charge is 0.497 e. The Balaban J connectivity index is 1.95. The fourth-order valence-corrected chi connectivity index (χ4v) is 2.24. The standard InChI is InChI=1S/C18H16F5NO2/c1-26-15-4-2-3-12(11-15)9-10-24-16(25)13-5-7-14(8-6-13)17(19,20)18(21,22)23/h2-8,11H,9-10H2,1H3,(H,24,25). The van der Waals surface area contributed by atoms with Crippen molar-refractivity contribution in [3.05, 3.63) is 65.2 Å². The topological polar surface area (TPSA) is 38.3 Å². The van der Waals surface area contributed by atoms with Gasteiger partial charge in [-0.15, -0.1) is 0 Å². The maximum atomic E-state index is 13.2. The summed E-state index contributed by atoms with van der Waals surface area (Å²) in [6.07, 6.45) is -5.18. The molecule has 2 aromatic rings. The average Bonchev–Trinajstić information content (AvgIpc) is 2.61. The van der Waals surface area contributed by atoms with Crippen molar-refractivity contribution < 1.29 is 31.5 Å². The highest BCUT2D eigenvalue weighted by Crippen LogP contribution is 2.43. The summed E-state index contributed by atoms with van der Waals surface area (Å²) in [5.74, 6) is -4.85. The molecule has 0 aliphatic heterocycles. The summed E-state index contributed by atoms with van der Waals surface area (Å²) in [6.45, 7) is 0.270. The molecule has 0 saturated carbocycles. The first-order valence-electron chi connectivity index (χ1n) is 7.61. The predicted octanol–water partition coefficient (Wildman–Crippen LogP) is 4.32. The quantitative estimate of drug-likeness (QED) is 0.766. The molecule has 0 bridgehead atoms. The number of ether oxygens (including phenoxy) is 1. The van der Waals surface area contributed by atoms with Gasteiger partial charge in [0.25, 0.3) is 5.91 Å². The Morgan fingerprint density at radius 3 is 2.27 bits per heavy atom. The molecule has 2 aromatic carbocycles. The number of alkyl halides is 5. The van der Waals surface area contributed by atoms with Gasteiger partial charge in [-0.2, -0.15) is 22.0 Å². The second-order valence-corrected chi connectivity index (χ2v) is 5.51. The monoisotopic (exact) mass is 373 g/mol. The van der Waals surface area contributed by atoms with Crippen LogP contribution < -0.4 is 10.1 Å². The van der Waals surface area contributed by atoms with E-state index in [1.54, 1.807) is 18.2 Å². The third-order valence-electron chi connectivity index (χ3n) is 3.70. The van der Waals surface area contributed by atoms with Crippen molar-refractivity contribution in [1.82, 2.24) is 5.32 Å². The van der Waals surface area contributed by atoms with Crippen molar-refractivity contribution >= 4 is 5.91 Å². The van der Waals surface area contributed by atoms with Gasteiger partial charge in [0.1, 0.15) is 5.75 Å². The fraction of sp³-hybridized carbons (Fsp3) is 0.278. The van der Waals surface area contributed by atoms with E-state index in [1.165, 1.54) is 7.11 Å². The van der Waals surface area contributed by atoms with Crippen LogP contribution >= 0.6 is 0 Å². The molecule has 0 atom stereocenters. The molecule has 1 N–H and O–H groups in total. The lowest BCUT2D eigenvalue weighted by Crippen LogP contribution is -2.33. The molecule has 2 rings (SSSR count). The van der Waals surface area contributed by atoms with E-state index in [9.17, 15) is 26.7 Å². The normalized spacial score (nSPS) is 11.9. The van der Waals surface area contributed by atoms with Crippen LogP contribution in [0.25, 0.3) is 0 Å². The summed E-state index contributed by atoms with van der Waals surface area (Å²) >= 11 is 0. The van der Waals surface area contributed by atoms with Gasteiger partial charge in [0, 0.05) is 17.7 Å². The third kappa shape index (κ3) is 4.50. The molecule has 0 aliphatic rings. The Hall–Kier alpha value is -2.64. The zero-order valence-corrected chi connectivity index (χ0v) is 13.7. The van der Waals surface area contributed by atoms with Crippen molar-refractivity contribution in [3.8, 4) is 5.75 Å². The van der Waals surface area contributed by atoms with Crippen LogP contribution in [0, 0.1) is 0 Å². The highest BCUT2D eigenvalue weighted by Gasteiger charge is 2.58. The molecule has 140 valence electrons. The van der Waals surface area contributed by atoms with Crippen LogP contribution in [0.1, 0.15) is 21.5 Å². The van der Waals surface area contributed by atoms with E-state index >= 15 is 0 Å². The van der Waals surface area contributed by atoms with E-state index in [2.05, 4.69) is 5.32 Å². The molecule has 0 fully saturated rings. The molecule has 26 heavy (non-hydrogen) atoms. The van der Waals surface area contributed by atoms with Gasteiger partial charge in [-0.25, -0.2) is 0 Å². The van der Waals surface area contributed by atoms with Crippen LogP contribution in [-0.4, -0.2) is 25.7 Å². The molecule has 3 nitrogen and oxygen atoms in total. The zero-order valence-electron chi connectivity index (χ0n) is 13.7. The van der Waals surface area contributed by atoms with E-state index in [1.807, 2.05) is 6.07 Å². The minimum atomic E-state index is -5.69. The maximum absolute atomic E-state index is 13.2. The summed E-state index contributed by atoms with van der Waals surface area (Å²) in [6, 6.07) is 10.3. The van der Waals surface area contributed by atoms with E-state index in [4.69, 9.17) is 4.74 Å². The Labute approximate surface area is 146 Å². The van der Waals surface area contributed by atoms with Crippen molar-refractivity contribution in [2.75, 3.05) is 13.7 Å². The van der Waals surface area contributed by atoms with Gasteiger partial charge in [-0.3, -0.25) is 4.79 Å². The summed E-state index contributed by atoms with van der Waals surface area (Å²) in [4.78, 5) is 12.0. The Morgan fingerprint density at radius 2 is 1.69 bits per heavy atom. The molecule has 0 aliphatic carbocycles. The van der Waals surface area contributed by atoms with Gasteiger partial charge in [-0.05, 0) is 36.2 Å². The van der Waals surface area contributed by atoms with E-state index in [0.717, 1.165) is 17.7 Å². The molecule has 0 spiro atoms. The first-order chi connectivity index (χ1) is 12.1. The van der Waals surface area contributed by atoms with E-state index in [-0.39, 0.29) is 12.1 Å². The lowest BCUT2D eigenvalue weighted by atomic mass is 10.1. The van der Waals surface area contributed by atoms with Crippen LogP contribution in [0.2, 0.25) is 0 Å². The number of nitrogens with one attached hydrogen (secondary N) is 1. The first-order valence-corrected chi connectivity index (χ1v) is 7.61. The minimum Gasteiger partial charge on any atom is -0.497 e. The molecule has 1 amide bonds. The highest BCUT2D eigenvalue weighted by molar-refractivity contribution is 5.94. The van der Waals surface area contributed by atoms with Crippen molar-refractivity contribution in [3.63, 3.8) is 0 Å². The second kappa shape index (κ2) is 7.72. The lowest BCUT2D eigenvalue weighted by Gasteiger charge is -2.19. The molecular formula is C18H16F5NO2. The summed E-state index contributed by atoms with van der Waals surface area (Å²) < 4.78 is 68.5.